The maximum absolute atomic E-state index is 11.5. The molecule has 0 aliphatic rings. The lowest BCUT2D eigenvalue weighted by molar-refractivity contribution is 0.0694. The summed E-state index contributed by atoms with van der Waals surface area (Å²) in [6.07, 6.45) is 4.92. The summed E-state index contributed by atoms with van der Waals surface area (Å²) in [5.41, 5.74) is 0.973. The average Bonchev–Trinajstić information content (AvgIpc) is 2.67. The van der Waals surface area contributed by atoms with Crippen molar-refractivity contribution in [2.24, 2.45) is 7.05 Å². The quantitative estimate of drug-likeness (QED) is 0.863. The Labute approximate surface area is 103 Å². The third kappa shape index (κ3) is 2.32. The van der Waals surface area contributed by atoms with E-state index in [1.54, 1.807) is 22.4 Å². The van der Waals surface area contributed by atoms with Crippen LogP contribution in [0.2, 0.25) is 0 Å². The van der Waals surface area contributed by atoms with E-state index in [2.05, 4.69) is 5.10 Å². The van der Waals surface area contributed by atoms with Crippen LogP contribution >= 0.6 is 0 Å². The molecule has 0 unspecified atom stereocenters. The van der Waals surface area contributed by atoms with Gasteiger partial charge < -0.3 is 9.67 Å². The van der Waals surface area contributed by atoms with Gasteiger partial charge in [0.2, 0.25) is 0 Å². The van der Waals surface area contributed by atoms with Crippen molar-refractivity contribution >= 4 is 5.97 Å². The number of hydrogen-bond acceptors (Lipinski definition) is 3. The topological polar surface area (TPSA) is 77.1 Å². The fraction of sp³-hybridized carbons (Fsp3) is 0.250. The van der Waals surface area contributed by atoms with Crippen molar-refractivity contribution in [3.8, 4) is 0 Å². The van der Waals surface area contributed by atoms with Crippen molar-refractivity contribution in [3.05, 3.63) is 51.7 Å². The van der Waals surface area contributed by atoms with E-state index in [-0.39, 0.29) is 5.56 Å². The lowest BCUT2D eigenvalue weighted by atomic mass is 10.2. The van der Waals surface area contributed by atoms with Crippen LogP contribution in [-0.2, 0) is 13.6 Å². The van der Waals surface area contributed by atoms with Crippen molar-refractivity contribution in [2.45, 2.75) is 13.5 Å². The van der Waals surface area contributed by atoms with Crippen molar-refractivity contribution < 1.29 is 9.90 Å². The van der Waals surface area contributed by atoms with Gasteiger partial charge in [-0.3, -0.25) is 9.48 Å². The van der Waals surface area contributed by atoms with Gasteiger partial charge in [-0.1, -0.05) is 0 Å². The number of aromatic carboxylic acids is 1. The normalized spacial score (nSPS) is 10.6. The summed E-state index contributed by atoms with van der Waals surface area (Å²) in [6.45, 7) is 2.25. The fourth-order valence-corrected chi connectivity index (χ4v) is 1.75. The van der Waals surface area contributed by atoms with Gasteiger partial charge in [-0.15, -0.1) is 0 Å². The van der Waals surface area contributed by atoms with E-state index >= 15 is 0 Å². The van der Waals surface area contributed by atoms with Gasteiger partial charge in [0.1, 0.15) is 5.56 Å². The molecule has 0 fully saturated rings. The molecule has 0 aliphatic heterocycles. The van der Waals surface area contributed by atoms with E-state index in [0.29, 0.717) is 12.2 Å². The minimum atomic E-state index is -1.21. The first-order valence-corrected chi connectivity index (χ1v) is 5.39. The van der Waals surface area contributed by atoms with E-state index in [9.17, 15) is 9.59 Å². The molecule has 0 saturated heterocycles. The number of rotatable bonds is 3. The Bertz CT molecular complexity index is 655. The number of aromatic nitrogens is 3. The number of carboxylic acids is 1. The molecular weight excluding hydrogens is 234 g/mol. The van der Waals surface area contributed by atoms with Crippen LogP contribution in [0.15, 0.2) is 29.5 Å². The highest BCUT2D eigenvalue weighted by atomic mass is 16.4. The van der Waals surface area contributed by atoms with Crippen LogP contribution < -0.4 is 5.43 Å². The Hall–Kier alpha value is -2.37. The van der Waals surface area contributed by atoms with Gasteiger partial charge in [-0.05, 0) is 6.92 Å². The molecule has 0 spiro atoms. The number of hydrogen-bond donors (Lipinski definition) is 1. The Morgan fingerprint density at radius 1 is 1.44 bits per heavy atom. The largest absolute Gasteiger partial charge is 0.477 e. The molecule has 0 aromatic carbocycles. The second-order valence-electron chi connectivity index (χ2n) is 4.15. The molecule has 94 valence electrons. The monoisotopic (exact) mass is 247 g/mol. The van der Waals surface area contributed by atoms with Crippen molar-refractivity contribution in [1.82, 2.24) is 14.3 Å². The zero-order valence-corrected chi connectivity index (χ0v) is 10.1. The standard InChI is InChI=1S/C12H13N3O3/c1-8-3-11(16)10(12(17)18)7-15(8)6-9-4-13-14(2)5-9/h3-5,7H,6H2,1-2H3,(H,17,18). The van der Waals surface area contributed by atoms with E-state index in [0.717, 1.165) is 5.56 Å². The molecule has 0 radical (unpaired) electrons. The van der Waals surface area contributed by atoms with E-state index in [1.807, 2.05) is 13.2 Å². The van der Waals surface area contributed by atoms with Gasteiger partial charge in [0.25, 0.3) is 0 Å². The molecule has 2 rings (SSSR count). The second-order valence-corrected chi connectivity index (χ2v) is 4.15. The van der Waals surface area contributed by atoms with Gasteiger partial charge in [-0.2, -0.15) is 5.10 Å². The number of nitrogens with zero attached hydrogens (tertiary/aromatic N) is 3. The van der Waals surface area contributed by atoms with E-state index < -0.39 is 11.4 Å². The number of pyridine rings is 1. The highest BCUT2D eigenvalue weighted by molar-refractivity contribution is 5.87. The van der Waals surface area contributed by atoms with Crippen LogP contribution in [0.5, 0.6) is 0 Å². The maximum atomic E-state index is 11.5. The van der Waals surface area contributed by atoms with Crippen molar-refractivity contribution in [1.29, 1.82) is 0 Å². The van der Waals surface area contributed by atoms with Crippen molar-refractivity contribution in [2.75, 3.05) is 0 Å². The van der Waals surface area contributed by atoms with Crippen LogP contribution in [0.4, 0.5) is 0 Å². The summed E-state index contributed by atoms with van der Waals surface area (Å²) in [6, 6.07) is 1.33. The number of aryl methyl sites for hydroxylation is 2. The first-order chi connectivity index (χ1) is 8.47. The highest BCUT2D eigenvalue weighted by Crippen LogP contribution is 2.05. The third-order valence-electron chi connectivity index (χ3n) is 2.69. The molecule has 2 aromatic rings. The van der Waals surface area contributed by atoms with Crippen LogP contribution in [0.3, 0.4) is 0 Å². The van der Waals surface area contributed by atoms with Crippen LogP contribution in [0.1, 0.15) is 21.6 Å². The molecule has 6 heteroatoms. The minimum Gasteiger partial charge on any atom is -0.477 e. The Kier molecular flexibility index (Phi) is 3.01. The summed E-state index contributed by atoms with van der Waals surface area (Å²) in [4.78, 5) is 22.4. The molecule has 2 heterocycles. The molecule has 0 saturated carbocycles. The molecule has 6 nitrogen and oxygen atoms in total. The van der Waals surface area contributed by atoms with E-state index in [1.165, 1.54) is 12.3 Å². The van der Waals surface area contributed by atoms with Crippen LogP contribution in [0.25, 0.3) is 0 Å². The Morgan fingerprint density at radius 2 is 2.17 bits per heavy atom. The predicted molar refractivity (Wildman–Crippen MR) is 64.7 cm³/mol. The molecule has 1 N–H and O–H groups in total. The van der Waals surface area contributed by atoms with Gasteiger partial charge >= 0.3 is 5.97 Å². The van der Waals surface area contributed by atoms with Gasteiger partial charge in [-0.25, -0.2) is 4.79 Å². The highest BCUT2D eigenvalue weighted by Gasteiger charge is 2.11. The molecule has 0 bridgehead atoms. The summed E-state index contributed by atoms with van der Waals surface area (Å²) in [5, 5.41) is 13.0. The van der Waals surface area contributed by atoms with Crippen LogP contribution in [-0.4, -0.2) is 25.4 Å². The zero-order valence-electron chi connectivity index (χ0n) is 10.1. The van der Waals surface area contributed by atoms with Gasteiger partial charge in [0, 0.05) is 36.8 Å². The first kappa shape index (κ1) is 12.1. The summed E-state index contributed by atoms with van der Waals surface area (Å²) in [5.74, 6) is -1.21. The smallest absolute Gasteiger partial charge is 0.341 e. The van der Waals surface area contributed by atoms with Crippen LogP contribution in [0, 0.1) is 6.92 Å². The summed E-state index contributed by atoms with van der Waals surface area (Å²) < 4.78 is 3.40. The Balaban J connectivity index is 2.41. The SMILES string of the molecule is Cc1cc(=O)c(C(=O)O)cn1Cc1cnn(C)c1. The average molecular weight is 247 g/mol. The minimum absolute atomic E-state index is 0.218. The zero-order chi connectivity index (χ0) is 13.3. The maximum Gasteiger partial charge on any atom is 0.341 e. The first-order valence-electron chi connectivity index (χ1n) is 5.39. The Morgan fingerprint density at radius 3 is 2.72 bits per heavy atom. The number of carbonyl (C=O) groups is 1. The lowest BCUT2D eigenvalue weighted by Crippen LogP contribution is -2.19. The van der Waals surface area contributed by atoms with E-state index in [4.69, 9.17) is 5.11 Å². The fourth-order valence-electron chi connectivity index (χ4n) is 1.75. The van der Waals surface area contributed by atoms with Crippen molar-refractivity contribution in [3.63, 3.8) is 0 Å². The number of carboxylic acid groups (broad SMARTS) is 1. The second kappa shape index (κ2) is 4.48. The molecule has 18 heavy (non-hydrogen) atoms. The molecule has 0 aliphatic carbocycles. The summed E-state index contributed by atoms with van der Waals surface area (Å²) >= 11 is 0. The van der Waals surface area contributed by atoms with Gasteiger partial charge in [0.15, 0.2) is 5.43 Å². The summed E-state index contributed by atoms with van der Waals surface area (Å²) in [7, 11) is 1.81. The molecule has 2 aromatic heterocycles. The molecular formula is C12H13N3O3. The third-order valence-corrected chi connectivity index (χ3v) is 2.69. The molecule has 0 atom stereocenters. The predicted octanol–water partition coefficient (Wildman–Crippen LogP) is 0.637. The molecule has 0 amide bonds. The van der Waals surface area contributed by atoms with Gasteiger partial charge in [0.05, 0.1) is 12.7 Å². The lowest BCUT2D eigenvalue weighted by Gasteiger charge is -2.09.